The summed E-state index contributed by atoms with van der Waals surface area (Å²) in [5.41, 5.74) is 1.46. The highest BCUT2D eigenvalue weighted by atomic mass is 16.6. The number of hydrogen-bond donors (Lipinski definition) is 0. The van der Waals surface area contributed by atoms with Gasteiger partial charge in [-0.15, -0.1) is 0 Å². The van der Waals surface area contributed by atoms with Crippen molar-refractivity contribution in [2.45, 2.75) is 52.7 Å². The third-order valence-electron chi connectivity index (χ3n) is 7.88. The predicted octanol–water partition coefficient (Wildman–Crippen LogP) is 5.28. The van der Waals surface area contributed by atoms with E-state index in [0.717, 1.165) is 0 Å². The normalized spacial score (nSPS) is 10.7. The zero-order chi connectivity index (χ0) is 42.9. The van der Waals surface area contributed by atoms with Crippen molar-refractivity contribution in [3.05, 3.63) is 130 Å². The van der Waals surface area contributed by atoms with Gasteiger partial charge in [0.1, 0.15) is 61.7 Å². The third kappa shape index (κ3) is 15.5. The summed E-state index contributed by atoms with van der Waals surface area (Å²) in [4.78, 5) is 98.9. The maximum absolute atomic E-state index is 13.2. The van der Waals surface area contributed by atoms with Gasteiger partial charge in [-0.3, -0.25) is 19.2 Å². The number of rotatable bonds is 20. The third-order valence-corrected chi connectivity index (χ3v) is 7.88. The van der Waals surface area contributed by atoms with Gasteiger partial charge in [0.25, 0.3) is 0 Å². The zero-order valence-electron chi connectivity index (χ0n) is 32.8. The van der Waals surface area contributed by atoms with Crippen LogP contribution >= 0.6 is 0 Å². The summed E-state index contributed by atoms with van der Waals surface area (Å²) in [5, 5.41) is 0. The molecule has 0 saturated carbocycles. The van der Waals surface area contributed by atoms with Crippen LogP contribution in [0.15, 0.2) is 97.1 Å². The average molecular weight is 811 g/mol. The van der Waals surface area contributed by atoms with Crippen LogP contribution < -0.4 is 9.47 Å². The summed E-state index contributed by atoms with van der Waals surface area (Å²) in [5.74, 6) is -4.56. The lowest BCUT2D eigenvalue weighted by Gasteiger charge is -2.24. The van der Waals surface area contributed by atoms with E-state index in [0.29, 0.717) is 11.1 Å². The Kier molecular flexibility index (Phi) is 16.7. The van der Waals surface area contributed by atoms with E-state index in [1.165, 1.54) is 100 Å². The van der Waals surface area contributed by atoms with E-state index >= 15 is 0 Å². The van der Waals surface area contributed by atoms with Crippen LogP contribution in [0.3, 0.4) is 0 Å². The van der Waals surface area contributed by atoms with Crippen molar-refractivity contribution in [3.8, 4) is 11.5 Å². The molecule has 0 saturated heterocycles. The first-order valence-electron chi connectivity index (χ1n) is 18.2. The van der Waals surface area contributed by atoms with Crippen molar-refractivity contribution >= 4 is 47.4 Å². The molecular weight excluding hydrogens is 768 g/mol. The molecule has 0 amide bonds. The van der Waals surface area contributed by atoms with Crippen molar-refractivity contribution in [2.24, 2.45) is 0 Å². The molecule has 0 N–H and O–H groups in total. The Labute approximate surface area is 339 Å². The van der Waals surface area contributed by atoms with Crippen LogP contribution in [0, 0.1) is 0 Å². The molecule has 0 fully saturated rings. The summed E-state index contributed by atoms with van der Waals surface area (Å²) >= 11 is 0. The van der Waals surface area contributed by atoms with E-state index in [9.17, 15) is 38.4 Å². The van der Waals surface area contributed by atoms with Crippen molar-refractivity contribution in [3.63, 3.8) is 0 Å². The second-order valence-corrected chi connectivity index (χ2v) is 13.2. The molecule has 0 atom stereocenters. The molecule has 0 heterocycles. The number of ether oxygens (including phenoxy) is 7. The van der Waals surface area contributed by atoms with Crippen molar-refractivity contribution in [2.75, 3.05) is 26.4 Å². The highest BCUT2D eigenvalue weighted by Gasteiger charge is 2.25. The molecule has 0 aliphatic carbocycles. The van der Waals surface area contributed by atoms with Crippen LogP contribution in [0.2, 0.25) is 0 Å². The minimum atomic E-state index is -1.27. The second-order valence-electron chi connectivity index (χ2n) is 13.2. The van der Waals surface area contributed by atoms with E-state index in [4.69, 9.17) is 33.2 Å². The Morgan fingerprint density at radius 2 is 0.729 bits per heavy atom. The maximum Gasteiger partial charge on any atom is 0.338 e. The number of hydrogen-bond acceptors (Lipinski definition) is 15. The van der Waals surface area contributed by atoms with Crippen LogP contribution in [-0.2, 0) is 55.7 Å². The summed E-state index contributed by atoms with van der Waals surface area (Å²) in [6.07, 6.45) is -2.32. The summed E-state index contributed by atoms with van der Waals surface area (Å²) in [6, 6.07) is 23.8. The van der Waals surface area contributed by atoms with Crippen LogP contribution in [0.1, 0.15) is 80.3 Å². The maximum atomic E-state index is 13.2. The molecule has 4 rings (SSSR count). The van der Waals surface area contributed by atoms with Gasteiger partial charge < -0.3 is 33.2 Å². The first-order valence-corrected chi connectivity index (χ1v) is 18.2. The van der Waals surface area contributed by atoms with Crippen LogP contribution in [0.5, 0.6) is 11.5 Å². The highest BCUT2D eigenvalue weighted by Crippen LogP contribution is 2.18. The number of benzene rings is 4. The smallest absolute Gasteiger partial charge is 0.338 e. The second kappa shape index (κ2) is 22.1. The summed E-state index contributed by atoms with van der Waals surface area (Å²) < 4.78 is 38.4. The topological polar surface area (TPSA) is 201 Å². The number of ketones is 2. The van der Waals surface area contributed by atoms with Crippen molar-refractivity contribution in [1.82, 2.24) is 0 Å². The Hall–Kier alpha value is -7.00. The lowest BCUT2D eigenvalue weighted by Crippen LogP contribution is -2.37. The molecule has 15 heteroatoms. The fourth-order valence-corrected chi connectivity index (χ4v) is 5.43. The standard InChI is InChI=1S/C44H42O15/c1-27(45)17-31-9-5-11-33(19-31)41(49)53-23-39(24-54-42(50)34-12-6-10-32(20-34)18-28(2)46)59-40(25-55-43(51)35-13-7-15-37(21-35)57-29(3)47)26-56-44(52)36-14-8-16-38(22-36)58-30(4)48/h5-16,19-22,39-40H,17-18,23-26H2,1-4H3. The van der Waals surface area contributed by atoms with Gasteiger partial charge in [-0.05, 0) is 85.6 Å². The van der Waals surface area contributed by atoms with E-state index in [1.807, 2.05) is 0 Å². The van der Waals surface area contributed by atoms with Crippen molar-refractivity contribution < 1.29 is 71.5 Å². The Balaban J connectivity index is 1.57. The molecule has 0 spiro atoms. The molecule has 0 unspecified atom stereocenters. The minimum absolute atomic E-state index is 0.0141. The van der Waals surface area contributed by atoms with Gasteiger partial charge in [-0.25, -0.2) is 19.2 Å². The predicted molar refractivity (Wildman–Crippen MR) is 207 cm³/mol. The molecule has 0 aromatic heterocycles. The van der Waals surface area contributed by atoms with E-state index in [1.54, 1.807) is 24.3 Å². The SMILES string of the molecule is CC(=O)Cc1cccc(C(=O)OCC(COC(=O)c2cccc(CC(C)=O)c2)OC(COC(=O)c2cccc(OC(C)=O)c2)COC(=O)c2cccc(OC(C)=O)c2)c1. The van der Waals surface area contributed by atoms with Crippen LogP contribution in [0.4, 0.5) is 0 Å². The molecule has 0 bridgehead atoms. The fourth-order valence-electron chi connectivity index (χ4n) is 5.43. The fraction of sp³-hybridized carbons (Fsp3) is 0.273. The van der Waals surface area contributed by atoms with Crippen LogP contribution in [-0.4, -0.2) is 86.0 Å². The quantitative estimate of drug-likeness (QED) is 0.0633. The monoisotopic (exact) mass is 810 g/mol. The van der Waals surface area contributed by atoms with Gasteiger partial charge in [-0.1, -0.05) is 36.4 Å². The van der Waals surface area contributed by atoms with Crippen LogP contribution in [0.25, 0.3) is 0 Å². The molecular formula is C44H42O15. The van der Waals surface area contributed by atoms with E-state index in [2.05, 4.69) is 0 Å². The Bertz CT molecular complexity index is 1890. The molecule has 0 aliphatic rings. The van der Waals surface area contributed by atoms with E-state index < -0.39 is 74.5 Å². The van der Waals surface area contributed by atoms with E-state index in [-0.39, 0.29) is 58.2 Å². The molecule has 4 aromatic rings. The molecule has 59 heavy (non-hydrogen) atoms. The van der Waals surface area contributed by atoms with Gasteiger partial charge in [0.05, 0.1) is 22.3 Å². The highest BCUT2D eigenvalue weighted by molar-refractivity contribution is 5.92. The minimum Gasteiger partial charge on any atom is -0.459 e. The average Bonchev–Trinajstić information content (AvgIpc) is 3.18. The van der Waals surface area contributed by atoms with Crippen molar-refractivity contribution in [1.29, 1.82) is 0 Å². The Morgan fingerprint density at radius 1 is 0.424 bits per heavy atom. The number of Topliss-reactive ketones (excluding diaryl/α,β-unsaturated/α-hetero) is 2. The number of carbonyl (C=O) groups excluding carboxylic acids is 8. The summed E-state index contributed by atoms with van der Waals surface area (Å²) in [7, 11) is 0. The number of esters is 6. The first kappa shape index (κ1) is 44.7. The molecule has 0 aliphatic heterocycles. The number of carbonyl (C=O) groups is 8. The van der Waals surface area contributed by atoms with Gasteiger partial charge in [0.2, 0.25) is 0 Å². The molecule has 4 aromatic carbocycles. The van der Waals surface area contributed by atoms with Gasteiger partial charge in [0.15, 0.2) is 0 Å². The van der Waals surface area contributed by atoms with Gasteiger partial charge >= 0.3 is 35.8 Å². The lowest BCUT2D eigenvalue weighted by molar-refractivity contribution is -0.132. The molecule has 308 valence electrons. The zero-order valence-corrected chi connectivity index (χ0v) is 32.8. The molecule has 15 nitrogen and oxygen atoms in total. The Morgan fingerprint density at radius 3 is 1.03 bits per heavy atom. The largest absolute Gasteiger partial charge is 0.459 e. The summed E-state index contributed by atoms with van der Waals surface area (Å²) in [6.45, 7) is 3.11. The molecule has 0 radical (unpaired) electrons. The lowest BCUT2D eigenvalue weighted by atomic mass is 10.1. The first-order chi connectivity index (χ1) is 28.1. The van der Waals surface area contributed by atoms with Gasteiger partial charge in [0, 0.05) is 26.7 Å². The van der Waals surface area contributed by atoms with Gasteiger partial charge in [-0.2, -0.15) is 0 Å².